The van der Waals surface area contributed by atoms with Crippen LogP contribution in [0.5, 0.6) is 5.75 Å². The number of aromatic nitrogens is 1. The number of nitrogens with zero attached hydrogens (tertiary/aromatic N) is 1. The summed E-state index contributed by atoms with van der Waals surface area (Å²) < 4.78 is 315. The number of esters is 1. The van der Waals surface area contributed by atoms with Gasteiger partial charge in [-0.1, -0.05) is 60.7 Å². The summed E-state index contributed by atoms with van der Waals surface area (Å²) in [6.07, 6.45) is -5.36. The Hall–Kier alpha value is -7.99. The lowest BCUT2D eigenvalue weighted by molar-refractivity contribution is -0.689. The first-order chi connectivity index (χ1) is 33.9. The topological polar surface area (TPSA) is 30.2 Å². The molecule has 0 aliphatic heterocycles. The number of para-hydroxylation sites is 1. The van der Waals surface area contributed by atoms with Crippen molar-refractivity contribution in [1.82, 2.24) is 0 Å². The molecule has 0 aliphatic rings. The first-order valence-electron chi connectivity index (χ1n) is 19.6. The SMILES string of the molecule is Fc1c(F)c(F)c([B-](c2c(F)c(F)c(F)c(F)c2F)(c2c(F)c(F)c(F)c(F)c2F)c2c(F)c(F)c(F)c(F)c2F)c(F)c1F.O=C(Oc1ccccc1F)c1c2ccccc2cc[n+]1Cc1ccccc1. The third-order valence-electron chi connectivity index (χ3n) is 11.1. The summed E-state index contributed by atoms with van der Waals surface area (Å²) in [7, 11) is 0. The Balaban J connectivity index is 0.000000238. The molecule has 0 saturated heterocycles. The largest absolute Gasteiger partial charge is 0.415 e. The van der Waals surface area contributed by atoms with Gasteiger partial charge in [-0.15, -0.1) is 21.9 Å². The number of rotatable bonds is 8. The lowest BCUT2D eigenvalue weighted by atomic mass is 9.12. The Morgan fingerprint density at radius 3 is 1.07 bits per heavy atom. The van der Waals surface area contributed by atoms with Gasteiger partial charge in [0.1, 0.15) is 52.7 Å². The Labute approximate surface area is 387 Å². The van der Waals surface area contributed by atoms with Crippen molar-refractivity contribution in [3.8, 4) is 5.75 Å². The van der Waals surface area contributed by atoms with E-state index in [0.29, 0.717) is 12.2 Å². The number of halogens is 21. The molecule has 7 aromatic carbocycles. The third-order valence-corrected chi connectivity index (χ3v) is 11.1. The first kappa shape index (κ1) is 51.9. The number of pyridine rings is 1. The van der Waals surface area contributed by atoms with Gasteiger partial charge >= 0.3 is 5.97 Å². The number of hydrogen-bond donors (Lipinski definition) is 0. The molecule has 25 heteroatoms. The average molecular weight is 1040 g/mol. The van der Waals surface area contributed by atoms with Crippen LogP contribution >= 0.6 is 0 Å². The molecule has 3 nitrogen and oxygen atoms in total. The van der Waals surface area contributed by atoms with Crippen molar-refractivity contribution in [2.45, 2.75) is 6.54 Å². The van der Waals surface area contributed by atoms with E-state index in [2.05, 4.69) is 0 Å². The molecular formula is C47H17BF21NO2. The third kappa shape index (κ3) is 8.28. The number of fused-ring (bicyclic) bond motifs is 1. The molecule has 0 atom stereocenters. The van der Waals surface area contributed by atoms with E-state index >= 15 is 35.1 Å². The zero-order chi connectivity index (χ0) is 53.0. The van der Waals surface area contributed by atoms with Crippen molar-refractivity contribution in [3.05, 3.63) is 225 Å². The molecule has 0 N–H and O–H groups in total. The van der Waals surface area contributed by atoms with Crippen molar-refractivity contribution in [1.29, 1.82) is 0 Å². The fraction of sp³-hybridized carbons (Fsp3) is 0.0213. The molecule has 0 spiro atoms. The molecule has 0 radical (unpaired) electrons. The molecule has 0 aliphatic carbocycles. The lowest BCUT2D eigenvalue weighted by Gasteiger charge is -2.44. The maximum atomic E-state index is 15.4. The van der Waals surface area contributed by atoms with E-state index in [-0.39, 0.29) is 5.75 Å². The highest BCUT2D eigenvalue weighted by Crippen LogP contribution is 2.31. The monoisotopic (exact) mass is 1040 g/mol. The highest BCUT2D eigenvalue weighted by Gasteiger charge is 2.52. The molecule has 1 heterocycles. The Morgan fingerprint density at radius 1 is 0.375 bits per heavy atom. The number of hydrogen-bond acceptors (Lipinski definition) is 2. The van der Waals surface area contributed by atoms with Gasteiger partial charge in [0, 0.05) is 11.6 Å². The molecule has 0 saturated carbocycles. The fourth-order valence-electron chi connectivity index (χ4n) is 7.95. The van der Waals surface area contributed by atoms with E-state index in [4.69, 9.17) is 4.74 Å². The number of carbonyl (C=O) groups is 1. The summed E-state index contributed by atoms with van der Waals surface area (Å²) >= 11 is 0. The van der Waals surface area contributed by atoms with Crippen LogP contribution in [0.4, 0.5) is 92.2 Å². The molecule has 8 aromatic rings. The molecule has 0 bridgehead atoms. The van der Waals surface area contributed by atoms with Crippen molar-refractivity contribution in [2.24, 2.45) is 0 Å². The van der Waals surface area contributed by atoms with Crippen LogP contribution in [0.3, 0.4) is 0 Å². The minimum Gasteiger partial charge on any atom is -0.415 e. The Kier molecular flexibility index (Phi) is 14.2. The van der Waals surface area contributed by atoms with Crippen LogP contribution in [0.15, 0.2) is 91.1 Å². The lowest BCUT2D eigenvalue weighted by Crippen LogP contribution is -2.81. The van der Waals surface area contributed by atoms with Gasteiger partial charge in [-0.05, 0) is 23.6 Å². The number of carbonyl (C=O) groups excluding carboxylic acids is 1. The van der Waals surface area contributed by atoms with Gasteiger partial charge < -0.3 is 4.74 Å². The van der Waals surface area contributed by atoms with E-state index in [1.165, 1.54) is 12.1 Å². The predicted molar refractivity (Wildman–Crippen MR) is 210 cm³/mol. The number of ether oxygens (including phenoxy) is 1. The summed E-state index contributed by atoms with van der Waals surface area (Å²) in [4.78, 5) is 13.0. The predicted octanol–water partition coefficient (Wildman–Crippen LogP) is 10.4. The maximum Gasteiger partial charge on any atom is 0.409 e. The zero-order valence-electron chi connectivity index (χ0n) is 34.6. The fourth-order valence-corrected chi connectivity index (χ4v) is 7.95. The second kappa shape index (κ2) is 19.7. The Morgan fingerprint density at radius 2 is 0.694 bits per heavy atom. The van der Waals surface area contributed by atoms with E-state index in [0.717, 1.165) is 16.3 Å². The van der Waals surface area contributed by atoms with Crippen LogP contribution in [-0.4, -0.2) is 12.1 Å². The standard InChI is InChI=1S/C24BF20.C23H17FNO2/c26-5-1(6(27)14(35)21(42)13(5)34)25(2-7(28)15(36)22(43)16(37)8(2)29,3-9(30)17(38)23(44)18(39)10(3)31)4-11(32)19(40)24(45)20(41)12(4)33;24-20-12-6-7-13-21(20)27-23(26)22-19-11-5-4-10-18(19)14-15-25(22)16-17-8-2-1-3-9-17/h;1-15H,16H2/q-1;+1. The van der Waals surface area contributed by atoms with E-state index in [9.17, 15) is 61.9 Å². The molecule has 8 rings (SSSR count). The van der Waals surface area contributed by atoms with Crippen molar-refractivity contribution >= 4 is 44.7 Å². The van der Waals surface area contributed by atoms with E-state index < -0.39 is 156 Å². The van der Waals surface area contributed by atoms with Crippen LogP contribution < -0.4 is 31.2 Å². The van der Waals surface area contributed by atoms with Gasteiger partial charge in [0.25, 0.3) is 5.69 Å². The van der Waals surface area contributed by atoms with Crippen LogP contribution in [0, 0.1) is 122 Å². The second-order valence-electron chi connectivity index (χ2n) is 15.0. The molecule has 372 valence electrons. The molecule has 0 amide bonds. The second-order valence-corrected chi connectivity index (χ2v) is 15.0. The minimum absolute atomic E-state index is 0.0818. The maximum absolute atomic E-state index is 15.4. The van der Waals surface area contributed by atoms with Crippen LogP contribution in [-0.2, 0) is 6.54 Å². The van der Waals surface area contributed by atoms with Crippen molar-refractivity contribution in [3.63, 3.8) is 0 Å². The van der Waals surface area contributed by atoms with Gasteiger partial charge in [0.2, 0.25) is 0 Å². The van der Waals surface area contributed by atoms with Crippen LogP contribution in [0.2, 0.25) is 0 Å². The molecule has 72 heavy (non-hydrogen) atoms. The molecule has 0 unspecified atom stereocenters. The van der Waals surface area contributed by atoms with Crippen molar-refractivity contribution < 1.29 is 106 Å². The quantitative estimate of drug-likeness (QED) is 0.0289. The summed E-state index contributed by atoms with van der Waals surface area (Å²) in [5.74, 6) is -72.6. The summed E-state index contributed by atoms with van der Waals surface area (Å²) in [5.41, 5.74) is -12.9. The molecular weight excluding hydrogens is 1020 g/mol. The van der Waals surface area contributed by atoms with Crippen LogP contribution in [0.25, 0.3) is 10.8 Å². The van der Waals surface area contributed by atoms with E-state index in [1.54, 1.807) is 12.1 Å². The summed E-state index contributed by atoms with van der Waals surface area (Å²) in [6, 6.07) is 25.3. The number of benzene rings is 7. The molecule has 1 aromatic heterocycles. The van der Waals surface area contributed by atoms with Crippen LogP contribution in [0.1, 0.15) is 16.1 Å². The van der Waals surface area contributed by atoms with Crippen molar-refractivity contribution in [2.75, 3.05) is 0 Å². The average Bonchev–Trinajstić information content (AvgIpc) is 3.37. The summed E-state index contributed by atoms with van der Waals surface area (Å²) in [5, 5.41) is 1.68. The van der Waals surface area contributed by atoms with Gasteiger partial charge in [0.15, 0.2) is 94.1 Å². The van der Waals surface area contributed by atoms with Gasteiger partial charge in [-0.3, -0.25) is 0 Å². The Bertz CT molecular complexity index is 3140. The zero-order valence-corrected chi connectivity index (χ0v) is 34.6. The van der Waals surface area contributed by atoms with E-state index in [1.807, 2.05) is 71.4 Å². The normalized spacial score (nSPS) is 11.5. The first-order valence-corrected chi connectivity index (χ1v) is 19.6. The molecule has 0 fully saturated rings. The smallest absolute Gasteiger partial charge is 0.409 e. The highest BCUT2D eigenvalue weighted by atomic mass is 19.2. The minimum atomic E-state index is -7.22. The van der Waals surface area contributed by atoms with Gasteiger partial charge in [0.05, 0.1) is 5.39 Å². The van der Waals surface area contributed by atoms with Gasteiger partial charge in [-0.25, -0.2) is 97.0 Å². The highest BCUT2D eigenvalue weighted by molar-refractivity contribution is 7.20. The van der Waals surface area contributed by atoms with Gasteiger partial charge in [-0.2, -0.15) is 4.57 Å². The summed E-state index contributed by atoms with van der Waals surface area (Å²) in [6.45, 7) is 0.507.